The number of esters is 1. The Labute approximate surface area is 118 Å². The molecule has 0 fully saturated rings. The molecule has 0 spiro atoms. The van der Waals surface area contributed by atoms with Gasteiger partial charge in [-0.05, 0) is 35.0 Å². The fourth-order valence-corrected chi connectivity index (χ4v) is 1.83. The fourth-order valence-electron chi connectivity index (χ4n) is 1.37. The summed E-state index contributed by atoms with van der Waals surface area (Å²) >= 11 is 3.40. The molecule has 2 rings (SSSR count). The number of carbonyl (C=O) groups excluding carboxylic acids is 1. The van der Waals surface area contributed by atoms with E-state index in [0.717, 1.165) is 10.0 Å². The minimum Gasteiger partial charge on any atom is -0.452 e. The first kappa shape index (κ1) is 13.5. The highest BCUT2D eigenvalue weighted by molar-refractivity contribution is 9.10. The Bertz CT molecular complexity index is 607. The van der Waals surface area contributed by atoms with Crippen LogP contribution < -0.4 is 0 Å². The Balaban J connectivity index is 2.08. The van der Waals surface area contributed by atoms with E-state index in [1.165, 1.54) is 6.08 Å². The van der Waals surface area contributed by atoms with Gasteiger partial charge in [-0.3, -0.25) is 0 Å². The largest absolute Gasteiger partial charge is 0.452 e. The molecule has 1 aromatic heterocycles. The van der Waals surface area contributed by atoms with Gasteiger partial charge in [0.2, 0.25) is 5.89 Å². The summed E-state index contributed by atoms with van der Waals surface area (Å²) in [5, 5.41) is 7.74. The third-order valence-electron chi connectivity index (χ3n) is 2.21. The van der Waals surface area contributed by atoms with Gasteiger partial charge in [0.1, 0.15) is 0 Å². The van der Waals surface area contributed by atoms with E-state index in [0.29, 0.717) is 5.89 Å². The second kappa shape index (κ2) is 6.29. The Kier molecular flexibility index (Phi) is 4.46. The first-order valence-corrected chi connectivity index (χ1v) is 6.36. The summed E-state index contributed by atoms with van der Waals surface area (Å²) in [5.74, 6) is 0.191. The van der Waals surface area contributed by atoms with Crippen molar-refractivity contribution in [2.75, 3.05) is 0 Å². The molecule has 98 valence electrons. The van der Waals surface area contributed by atoms with Crippen LogP contribution in [0.1, 0.15) is 12.8 Å². The van der Waals surface area contributed by atoms with Crippen molar-refractivity contribution in [1.82, 2.24) is 10.2 Å². The monoisotopic (exact) mass is 322 g/mol. The van der Waals surface area contributed by atoms with E-state index in [9.17, 15) is 4.79 Å². The van der Waals surface area contributed by atoms with Crippen LogP contribution in [0.2, 0.25) is 0 Å². The van der Waals surface area contributed by atoms with Gasteiger partial charge in [0, 0.05) is 10.5 Å². The molecule has 0 N–H and O–H groups in total. The Morgan fingerprint density at radius 1 is 1.42 bits per heavy atom. The van der Waals surface area contributed by atoms with Crippen LogP contribution in [0.25, 0.3) is 11.5 Å². The minimum absolute atomic E-state index is 0.0410. The van der Waals surface area contributed by atoms with Crippen LogP contribution in [0.4, 0.5) is 0 Å². The van der Waals surface area contributed by atoms with Crippen LogP contribution in [-0.2, 0) is 16.1 Å². The van der Waals surface area contributed by atoms with Gasteiger partial charge in [-0.1, -0.05) is 18.2 Å². The molecule has 1 aromatic carbocycles. The number of aromatic nitrogens is 2. The predicted molar refractivity (Wildman–Crippen MR) is 72.0 cm³/mol. The summed E-state index contributed by atoms with van der Waals surface area (Å²) in [6.45, 7) is 1.69. The van der Waals surface area contributed by atoms with Gasteiger partial charge in [0.15, 0.2) is 6.61 Å². The second-order valence-corrected chi connectivity index (χ2v) is 4.44. The van der Waals surface area contributed by atoms with Gasteiger partial charge >= 0.3 is 5.97 Å². The van der Waals surface area contributed by atoms with E-state index in [1.807, 2.05) is 24.3 Å². The summed E-state index contributed by atoms with van der Waals surface area (Å²) < 4.78 is 11.2. The van der Waals surface area contributed by atoms with E-state index < -0.39 is 5.97 Å². The highest BCUT2D eigenvalue weighted by Crippen LogP contribution is 2.26. The van der Waals surface area contributed by atoms with Crippen molar-refractivity contribution in [2.45, 2.75) is 13.5 Å². The summed E-state index contributed by atoms with van der Waals surface area (Å²) in [6.07, 6.45) is 2.92. The summed E-state index contributed by atoms with van der Waals surface area (Å²) in [5.41, 5.74) is 0.793. The van der Waals surface area contributed by atoms with Crippen molar-refractivity contribution in [2.24, 2.45) is 0 Å². The topological polar surface area (TPSA) is 65.2 Å². The van der Waals surface area contributed by atoms with Crippen LogP contribution >= 0.6 is 15.9 Å². The first-order valence-electron chi connectivity index (χ1n) is 5.57. The lowest BCUT2D eigenvalue weighted by atomic mass is 10.2. The number of allylic oxidation sites excluding steroid dienone is 1. The number of ether oxygens (including phenoxy) is 1. The Morgan fingerprint density at radius 2 is 2.21 bits per heavy atom. The maximum Gasteiger partial charge on any atom is 0.330 e. The summed E-state index contributed by atoms with van der Waals surface area (Å²) in [4.78, 5) is 11.1. The zero-order valence-electron chi connectivity index (χ0n) is 10.2. The molecule has 0 aliphatic carbocycles. The molecule has 0 aliphatic heterocycles. The molecule has 1 heterocycles. The molecular weight excluding hydrogens is 312 g/mol. The number of nitrogens with zero attached hydrogens (tertiary/aromatic N) is 2. The van der Waals surface area contributed by atoms with Gasteiger partial charge in [-0.15, -0.1) is 10.2 Å². The van der Waals surface area contributed by atoms with E-state index in [4.69, 9.17) is 9.15 Å². The molecule has 0 bridgehead atoms. The normalized spacial score (nSPS) is 10.8. The third kappa shape index (κ3) is 3.51. The quantitative estimate of drug-likeness (QED) is 0.639. The van der Waals surface area contributed by atoms with Crippen LogP contribution in [0, 0.1) is 0 Å². The smallest absolute Gasteiger partial charge is 0.330 e. The molecule has 0 amide bonds. The molecular formula is C13H11BrN2O3. The average Bonchev–Trinajstić information content (AvgIpc) is 2.86. The lowest BCUT2D eigenvalue weighted by molar-refractivity contribution is -0.139. The van der Waals surface area contributed by atoms with Gasteiger partial charge in [0.05, 0.1) is 5.56 Å². The zero-order chi connectivity index (χ0) is 13.7. The van der Waals surface area contributed by atoms with E-state index >= 15 is 0 Å². The zero-order valence-corrected chi connectivity index (χ0v) is 11.8. The molecule has 0 unspecified atom stereocenters. The lowest BCUT2D eigenvalue weighted by Crippen LogP contribution is -2.00. The number of benzene rings is 1. The minimum atomic E-state index is -0.442. The molecule has 0 aliphatic rings. The highest BCUT2D eigenvalue weighted by atomic mass is 79.9. The maximum atomic E-state index is 11.1. The molecule has 19 heavy (non-hydrogen) atoms. The average molecular weight is 323 g/mol. The number of carbonyl (C=O) groups is 1. The van der Waals surface area contributed by atoms with Crippen molar-refractivity contribution in [3.05, 3.63) is 46.8 Å². The molecule has 5 nitrogen and oxygen atoms in total. The lowest BCUT2D eigenvalue weighted by Gasteiger charge is -1.98. The molecule has 0 radical (unpaired) electrons. The van der Waals surface area contributed by atoms with Crippen LogP contribution in [-0.4, -0.2) is 16.2 Å². The van der Waals surface area contributed by atoms with Gasteiger partial charge in [-0.2, -0.15) is 0 Å². The van der Waals surface area contributed by atoms with Crippen molar-refractivity contribution >= 4 is 21.9 Å². The maximum absolute atomic E-state index is 11.1. The summed E-state index contributed by atoms with van der Waals surface area (Å²) in [6, 6.07) is 7.50. The van der Waals surface area contributed by atoms with Crippen LogP contribution in [0.5, 0.6) is 0 Å². The van der Waals surface area contributed by atoms with Crippen LogP contribution in [0.3, 0.4) is 0 Å². The number of hydrogen-bond donors (Lipinski definition) is 0. The van der Waals surface area contributed by atoms with E-state index in [1.54, 1.807) is 13.0 Å². The second-order valence-electron chi connectivity index (χ2n) is 3.59. The number of hydrogen-bond acceptors (Lipinski definition) is 5. The molecule has 6 heteroatoms. The van der Waals surface area contributed by atoms with Crippen molar-refractivity contribution in [3.63, 3.8) is 0 Å². The highest BCUT2D eigenvalue weighted by Gasteiger charge is 2.11. The number of halogens is 1. The molecule has 0 saturated carbocycles. The fraction of sp³-hybridized carbons (Fsp3) is 0.154. The van der Waals surface area contributed by atoms with E-state index in [-0.39, 0.29) is 12.5 Å². The SMILES string of the molecule is C/C=C/C(=O)OCc1nnc(-c2ccccc2Br)o1. The van der Waals surface area contributed by atoms with Gasteiger partial charge in [0.25, 0.3) is 5.89 Å². The summed E-state index contributed by atoms with van der Waals surface area (Å²) in [7, 11) is 0. The molecule has 0 saturated heterocycles. The van der Waals surface area contributed by atoms with E-state index in [2.05, 4.69) is 26.1 Å². The van der Waals surface area contributed by atoms with Crippen molar-refractivity contribution in [1.29, 1.82) is 0 Å². The first-order chi connectivity index (χ1) is 9.20. The van der Waals surface area contributed by atoms with Gasteiger partial charge in [-0.25, -0.2) is 4.79 Å². The number of rotatable bonds is 4. The molecule has 0 atom stereocenters. The van der Waals surface area contributed by atoms with Crippen molar-refractivity contribution in [3.8, 4) is 11.5 Å². The Hall–Kier alpha value is -1.95. The van der Waals surface area contributed by atoms with Gasteiger partial charge < -0.3 is 9.15 Å². The standard InChI is InChI=1S/C13H11BrN2O3/c1-2-5-12(17)18-8-11-15-16-13(19-11)9-6-3-4-7-10(9)14/h2-7H,8H2,1H3/b5-2+. The molecule has 2 aromatic rings. The third-order valence-corrected chi connectivity index (χ3v) is 2.90. The van der Waals surface area contributed by atoms with Crippen molar-refractivity contribution < 1.29 is 13.9 Å². The van der Waals surface area contributed by atoms with Crippen LogP contribution in [0.15, 0.2) is 45.3 Å². The Morgan fingerprint density at radius 3 is 2.95 bits per heavy atom. The predicted octanol–water partition coefficient (Wildman–Crippen LogP) is 3.12.